The van der Waals surface area contributed by atoms with Crippen molar-refractivity contribution >= 4 is 55.9 Å². The number of nitrogens with zero attached hydrogens (tertiary/aromatic N) is 4. The number of aromatic nitrogens is 2. The number of aromatic amines is 1. The molecule has 0 radical (unpaired) electrons. The molecule has 0 fully saturated rings. The highest BCUT2D eigenvalue weighted by atomic mass is 79.9. The Morgan fingerprint density at radius 2 is 2.04 bits per heavy atom. The molecule has 9 nitrogen and oxygen atoms in total. The van der Waals surface area contributed by atoms with E-state index < -0.39 is 14.9 Å². The lowest BCUT2D eigenvalue weighted by atomic mass is 10.2. The number of fused-ring (bicyclic) bond motifs is 1. The van der Waals surface area contributed by atoms with Crippen LogP contribution in [0, 0.1) is 17.0 Å². The lowest BCUT2D eigenvalue weighted by Crippen LogP contribution is -2.26. The highest BCUT2D eigenvalue weighted by molar-refractivity contribution is 9.10. The first-order chi connectivity index (χ1) is 12.7. The van der Waals surface area contributed by atoms with Crippen LogP contribution >= 0.6 is 28.3 Å². The van der Waals surface area contributed by atoms with Crippen molar-refractivity contribution in [3.05, 3.63) is 68.6 Å². The van der Waals surface area contributed by atoms with Crippen molar-refractivity contribution in [2.24, 2.45) is 5.10 Å². The molecule has 0 amide bonds. The van der Waals surface area contributed by atoms with Gasteiger partial charge in [0.05, 0.1) is 20.5 Å². The van der Waals surface area contributed by atoms with Crippen LogP contribution in [0.2, 0.25) is 0 Å². The lowest BCUT2D eigenvalue weighted by molar-refractivity contribution is -0.511. The third-order valence-electron chi connectivity index (χ3n) is 3.92. The fraction of sp³-hybridized carbons (Fsp3) is 0.125. The quantitative estimate of drug-likeness (QED) is 0.257. The Kier molecular flexibility index (Phi) is 6.42. The van der Waals surface area contributed by atoms with Gasteiger partial charge in [-0.25, -0.2) is 4.98 Å². The minimum Gasteiger partial charge on any atom is -0.258 e. The van der Waals surface area contributed by atoms with E-state index in [1.807, 2.05) is 18.3 Å². The number of halogens is 2. The number of H-pyrrole nitrogens is 1. The second-order valence-electron chi connectivity index (χ2n) is 5.71. The zero-order valence-corrected chi connectivity index (χ0v) is 18.0. The number of non-ortho nitro benzene ring substituents is 1. The van der Waals surface area contributed by atoms with Gasteiger partial charge in [0, 0.05) is 25.2 Å². The second-order valence-corrected chi connectivity index (χ2v) is 8.54. The fourth-order valence-corrected chi connectivity index (χ4v) is 3.99. The third-order valence-corrected chi connectivity index (χ3v) is 6.17. The van der Waals surface area contributed by atoms with Crippen molar-refractivity contribution in [3.8, 4) is 0 Å². The van der Waals surface area contributed by atoms with Gasteiger partial charge < -0.3 is 0 Å². The van der Waals surface area contributed by atoms with Crippen molar-refractivity contribution < 1.29 is 17.7 Å². The minimum absolute atomic E-state index is 0. The van der Waals surface area contributed by atoms with Crippen LogP contribution in [0.4, 0.5) is 5.69 Å². The Morgan fingerprint density at radius 3 is 2.71 bits per heavy atom. The molecule has 28 heavy (non-hydrogen) atoms. The summed E-state index contributed by atoms with van der Waals surface area (Å²) in [5.74, 6) is 0. The number of hydrogen-bond donors (Lipinski definition) is 1. The van der Waals surface area contributed by atoms with E-state index in [9.17, 15) is 18.5 Å². The molecular formula is C16H16BrClN5O4S+. The molecule has 2 heterocycles. The highest BCUT2D eigenvalue weighted by Crippen LogP contribution is 2.24. The summed E-state index contributed by atoms with van der Waals surface area (Å²) in [5, 5.41) is 15.0. The number of imidazole rings is 1. The number of hydrogen-bond acceptors (Lipinski definition) is 5. The molecule has 0 aliphatic heterocycles. The van der Waals surface area contributed by atoms with Gasteiger partial charge >= 0.3 is 0 Å². The first-order valence-electron chi connectivity index (χ1n) is 7.66. The predicted molar refractivity (Wildman–Crippen MR) is 109 cm³/mol. The Labute approximate surface area is 175 Å². The summed E-state index contributed by atoms with van der Waals surface area (Å²) in [6.07, 6.45) is 4.89. The SMILES string of the molecule is Cc1ccc([N+](=O)[O-])cc1S(=O)(=O)N(C)N=Cc1c[nH]c2ccc(Br)c[n+]12.Cl. The molecule has 0 aliphatic carbocycles. The van der Waals surface area contributed by atoms with E-state index in [4.69, 9.17) is 0 Å². The normalized spacial score (nSPS) is 11.5. The number of nitro benzene ring substituents is 1. The molecule has 3 rings (SSSR count). The summed E-state index contributed by atoms with van der Waals surface area (Å²) in [7, 11) is -2.76. The molecule has 2 aromatic heterocycles. The smallest absolute Gasteiger partial charge is 0.258 e. The molecule has 0 spiro atoms. The van der Waals surface area contributed by atoms with Crippen molar-refractivity contribution in [2.75, 3.05) is 7.05 Å². The fourth-order valence-electron chi connectivity index (χ4n) is 2.45. The molecule has 0 bridgehead atoms. The van der Waals surface area contributed by atoms with Gasteiger partial charge in [0.25, 0.3) is 21.4 Å². The maximum absolute atomic E-state index is 12.8. The number of pyridine rings is 1. The number of nitrogens with one attached hydrogen (secondary N) is 1. The molecule has 12 heteroatoms. The van der Waals surface area contributed by atoms with Crippen molar-refractivity contribution in [1.29, 1.82) is 0 Å². The van der Waals surface area contributed by atoms with Gasteiger partial charge in [-0.15, -0.1) is 12.4 Å². The second kappa shape index (κ2) is 8.25. The van der Waals surface area contributed by atoms with Crippen LogP contribution in [0.3, 0.4) is 0 Å². The molecule has 1 N–H and O–H groups in total. The van der Waals surface area contributed by atoms with Gasteiger partial charge in [-0.05, 0) is 34.5 Å². The average molecular weight is 490 g/mol. The van der Waals surface area contributed by atoms with E-state index in [1.54, 1.807) is 17.5 Å². The van der Waals surface area contributed by atoms with Crippen molar-refractivity contribution in [3.63, 3.8) is 0 Å². The van der Waals surface area contributed by atoms with Gasteiger partial charge in [-0.2, -0.15) is 22.3 Å². The monoisotopic (exact) mass is 488 g/mol. The Balaban J connectivity index is 0.00000280. The lowest BCUT2D eigenvalue weighted by Gasteiger charge is -2.14. The molecule has 3 aromatic rings. The largest absolute Gasteiger partial charge is 0.284 e. The highest BCUT2D eigenvalue weighted by Gasteiger charge is 2.24. The Morgan fingerprint density at radius 1 is 1.32 bits per heavy atom. The van der Waals surface area contributed by atoms with E-state index in [0.717, 1.165) is 20.6 Å². The number of rotatable bonds is 5. The van der Waals surface area contributed by atoms with Crippen LogP contribution in [0.15, 0.2) is 57.2 Å². The molecule has 0 atom stereocenters. The van der Waals surface area contributed by atoms with Gasteiger partial charge in [0.15, 0.2) is 5.69 Å². The number of nitro groups is 1. The third kappa shape index (κ3) is 4.16. The van der Waals surface area contributed by atoms with Crippen molar-refractivity contribution in [2.45, 2.75) is 11.8 Å². The molecule has 148 valence electrons. The van der Waals surface area contributed by atoms with Gasteiger partial charge in [-0.1, -0.05) is 6.07 Å². The summed E-state index contributed by atoms with van der Waals surface area (Å²) >= 11 is 3.38. The summed E-state index contributed by atoms with van der Waals surface area (Å²) in [6.45, 7) is 1.57. The zero-order valence-electron chi connectivity index (χ0n) is 14.7. The Hall–Kier alpha value is -2.50. The van der Waals surface area contributed by atoms with Crippen LogP contribution in [0.5, 0.6) is 0 Å². The van der Waals surface area contributed by atoms with Crippen LogP contribution in [0.1, 0.15) is 11.3 Å². The first kappa shape index (κ1) is 21.8. The van der Waals surface area contributed by atoms with Crippen LogP contribution in [-0.4, -0.2) is 36.0 Å². The standard InChI is InChI=1S/C16H14BrN5O4S.ClH/c1-11-3-5-13(22(23)24)7-15(11)27(25,26)20(2)19-9-14-8-18-16-6-4-12(17)10-21(14)16;/h3-10H,1-2H3;1H/p+1. The van der Waals surface area contributed by atoms with Crippen LogP contribution in [0.25, 0.3) is 5.65 Å². The number of sulfonamides is 1. The minimum atomic E-state index is -4.04. The first-order valence-corrected chi connectivity index (χ1v) is 9.90. The average Bonchev–Trinajstić information content (AvgIpc) is 3.01. The molecular weight excluding hydrogens is 474 g/mol. The summed E-state index contributed by atoms with van der Waals surface area (Å²) < 4.78 is 29.0. The number of benzene rings is 1. The van der Waals surface area contributed by atoms with E-state index in [-0.39, 0.29) is 23.0 Å². The maximum atomic E-state index is 12.8. The van der Waals surface area contributed by atoms with Crippen molar-refractivity contribution in [1.82, 2.24) is 9.40 Å². The maximum Gasteiger partial charge on any atom is 0.284 e. The van der Waals surface area contributed by atoms with Crippen LogP contribution in [-0.2, 0) is 10.0 Å². The topological polar surface area (TPSA) is 113 Å². The van der Waals surface area contributed by atoms with E-state index in [0.29, 0.717) is 11.3 Å². The number of hydrazone groups is 1. The zero-order chi connectivity index (χ0) is 19.8. The van der Waals surface area contributed by atoms with E-state index in [1.165, 1.54) is 25.4 Å². The molecule has 0 saturated heterocycles. The van der Waals surface area contributed by atoms with Gasteiger partial charge in [-0.3, -0.25) is 10.1 Å². The predicted octanol–water partition coefficient (Wildman–Crippen LogP) is 2.81. The van der Waals surface area contributed by atoms with Crippen LogP contribution < -0.4 is 4.40 Å². The number of aryl methyl sites for hydroxylation is 1. The van der Waals surface area contributed by atoms with E-state index >= 15 is 0 Å². The summed E-state index contributed by atoms with van der Waals surface area (Å²) in [6, 6.07) is 7.42. The summed E-state index contributed by atoms with van der Waals surface area (Å²) in [5.41, 5.74) is 1.53. The van der Waals surface area contributed by atoms with E-state index in [2.05, 4.69) is 26.0 Å². The molecule has 0 unspecified atom stereocenters. The molecule has 1 aromatic carbocycles. The molecule has 0 saturated carbocycles. The Bertz CT molecular complexity index is 1180. The summed E-state index contributed by atoms with van der Waals surface area (Å²) in [4.78, 5) is 13.2. The van der Waals surface area contributed by atoms with Gasteiger partial charge in [0.1, 0.15) is 12.4 Å². The molecule has 0 aliphatic rings. The van der Waals surface area contributed by atoms with Gasteiger partial charge in [0.2, 0.25) is 0 Å².